The van der Waals surface area contributed by atoms with Gasteiger partial charge in [0.05, 0.1) is 0 Å². The fourth-order valence-corrected chi connectivity index (χ4v) is 5.99. The number of hydrogen-bond acceptors (Lipinski definition) is 5. The predicted octanol–water partition coefficient (Wildman–Crippen LogP) is 5.39. The minimum atomic E-state index is -4.50. The number of aldehydes is 1. The van der Waals surface area contributed by atoms with Crippen molar-refractivity contribution < 1.29 is 22.8 Å². The quantitative estimate of drug-likeness (QED) is 0.667. The van der Waals surface area contributed by atoms with Crippen molar-refractivity contribution in [3.05, 3.63) is 32.7 Å². The van der Waals surface area contributed by atoms with E-state index in [1.165, 1.54) is 11.3 Å². The fraction of sp³-hybridized carbons (Fsp3) is 0.421. The first kappa shape index (κ1) is 19.3. The summed E-state index contributed by atoms with van der Waals surface area (Å²) in [5.74, 6) is -0.341. The molecule has 0 unspecified atom stereocenters. The molecule has 0 saturated heterocycles. The number of thiazole rings is 1. The van der Waals surface area contributed by atoms with Crippen molar-refractivity contribution in [1.82, 2.24) is 4.98 Å². The van der Waals surface area contributed by atoms with Crippen LogP contribution in [-0.2, 0) is 28.6 Å². The molecule has 2 aromatic heterocycles. The predicted molar refractivity (Wildman–Crippen MR) is 103 cm³/mol. The van der Waals surface area contributed by atoms with Crippen molar-refractivity contribution in [2.75, 3.05) is 5.32 Å². The van der Waals surface area contributed by atoms with Crippen LogP contribution in [-0.4, -0.2) is 17.2 Å². The molecule has 4 nitrogen and oxygen atoms in total. The van der Waals surface area contributed by atoms with E-state index in [2.05, 4.69) is 10.3 Å². The first-order chi connectivity index (χ1) is 13.4. The molecule has 0 atom stereocenters. The third-order valence-corrected chi connectivity index (χ3v) is 7.15. The smallest absolute Gasteiger partial charge is 0.313 e. The third-order valence-electron chi connectivity index (χ3n) is 5.08. The first-order valence-electron chi connectivity index (χ1n) is 9.04. The van der Waals surface area contributed by atoms with Crippen LogP contribution in [0.1, 0.15) is 48.2 Å². The van der Waals surface area contributed by atoms with Crippen LogP contribution in [0.25, 0.3) is 10.6 Å². The summed E-state index contributed by atoms with van der Waals surface area (Å²) >= 11 is 2.35. The second-order valence-electron chi connectivity index (χ2n) is 6.88. The highest BCUT2D eigenvalue weighted by atomic mass is 32.1. The molecule has 2 aliphatic rings. The number of alkyl halides is 3. The maximum atomic E-state index is 13.0. The van der Waals surface area contributed by atoms with Gasteiger partial charge in [0.25, 0.3) is 5.91 Å². The largest absolute Gasteiger partial charge is 0.434 e. The lowest BCUT2D eigenvalue weighted by molar-refractivity contribution is -0.140. The van der Waals surface area contributed by atoms with Crippen LogP contribution in [0.5, 0.6) is 0 Å². The van der Waals surface area contributed by atoms with E-state index in [0.717, 1.165) is 65.5 Å². The number of carbonyl (C=O) groups excluding carboxylic acids is 2. The van der Waals surface area contributed by atoms with Gasteiger partial charge in [0.2, 0.25) is 0 Å². The summed E-state index contributed by atoms with van der Waals surface area (Å²) in [4.78, 5) is 28.8. The fourth-order valence-electron chi connectivity index (χ4n) is 3.73. The summed E-state index contributed by atoms with van der Waals surface area (Å²) in [6.45, 7) is 0. The zero-order valence-corrected chi connectivity index (χ0v) is 16.5. The Balaban J connectivity index is 1.74. The van der Waals surface area contributed by atoms with Crippen molar-refractivity contribution in [3.8, 4) is 10.6 Å². The zero-order chi connectivity index (χ0) is 19.9. The van der Waals surface area contributed by atoms with Crippen LogP contribution in [0.15, 0.2) is 16.5 Å². The second kappa shape index (κ2) is 7.44. The third kappa shape index (κ3) is 3.53. The summed E-state index contributed by atoms with van der Waals surface area (Å²) < 4.78 is 39.1. The number of halogens is 3. The van der Waals surface area contributed by atoms with Gasteiger partial charge in [0, 0.05) is 27.0 Å². The van der Waals surface area contributed by atoms with Gasteiger partial charge in [-0.05, 0) is 50.5 Å². The molecule has 1 N–H and O–H groups in total. The highest BCUT2D eigenvalue weighted by Gasteiger charge is 2.35. The van der Waals surface area contributed by atoms with Crippen LogP contribution in [0.3, 0.4) is 0 Å². The summed E-state index contributed by atoms with van der Waals surface area (Å²) in [6.07, 6.45) is 1.70. The Hall–Kier alpha value is -2.00. The minimum Gasteiger partial charge on any atom is -0.313 e. The molecule has 4 rings (SSSR count). The average molecular weight is 426 g/mol. The van der Waals surface area contributed by atoms with Crippen LogP contribution >= 0.6 is 22.7 Å². The van der Waals surface area contributed by atoms with Crippen molar-refractivity contribution >= 4 is 39.9 Å². The number of fused-ring (bicyclic) bond motifs is 1. The molecule has 0 bridgehead atoms. The Labute approximate surface area is 167 Å². The van der Waals surface area contributed by atoms with Crippen molar-refractivity contribution in [3.63, 3.8) is 0 Å². The molecule has 0 radical (unpaired) electrons. The molecular formula is C19H17F3N2O2S2. The molecule has 0 saturated carbocycles. The molecule has 28 heavy (non-hydrogen) atoms. The van der Waals surface area contributed by atoms with Gasteiger partial charge in [-0.2, -0.15) is 13.2 Å². The second-order valence-corrected chi connectivity index (χ2v) is 8.84. The molecule has 9 heteroatoms. The van der Waals surface area contributed by atoms with Crippen molar-refractivity contribution in [1.29, 1.82) is 0 Å². The Bertz CT molecular complexity index is 972. The number of thiophene rings is 1. The highest BCUT2D eigenvalue weighted by molar-refractivity contribution is 7.18. The maximum absolute atomic E-state index is 13.0. The van der Waals surface area contributed by atoms with Crippen molar-refractivity contribution in [2.24, 2.45) is 0 Å². The number of amides is 1. The van der Waals surface area contributed by atoms with E-state index in [4.69, 9.17) is 0 Å². The monoisotopic (exact) mass is 426 g/mol. The van der Waals surface area contributed by atoms with E-state index in [9.17, 15) is 22.8 Å². The Kier molecular flexibility index (Phi) is 5.13. The van der Waals surface area contributed by atoms with Crippen LogP contribution in [0, 0.1) is 0 Å². The number of aryl methyl sites for hydroxylation is 1. The number of allylic oxidation sites excluding steroid dienone is 1. The Morgan fingerprint density at radius 3 is 2.64 bits per heavy atom. The Morgan fingerprint density at radius 1 is 1.14 bits per heavy atom. The van der Waals surface area contributed by atoms with Gasteiger partial charge in [-0.3, -0.25) is 9.59 Å². The van der Waals surface area contributed by atoms with E-state index in [1.807, 2.05) is 0 Å². The molecule has 0 spiro atoms. The van der Waals surface area contributed by atoms with E-state index < -0.39 is 11.9 Å². The zero-order valence-electron chi connectivity index (χ0n) is 14.8. The van der Waals surface area contributed by atoms with Crippen LogP contribution in [0.2, 0.25) is 0 Å². The summed E-state index contributed by atoms with van der Waals surface area (Å²) in [5, 5.41) is 4.69. The number of nitrogens with zero attached hydrogens (tertiary/aromatic N) is 1. The van der Waals surface area contributed by atoms with E-state index in [1.54, 1.807) is 0 Å². The van der Waals surface area contributed by atoms with Gasteiger partial charge in [0.1, 0.15) is 16.3 Å². The molecule has 1 amide bonds. The lowest BCUT2D eigenvalue weighted by Gasteiger charge is -2.12. The standard InChI is InChI=1S/C19H17F3N2O2S2/c20-19(21,22)14-9-27-17(23-14)15-12-5-1-2-7-13(12)28-18(15)24-16(26)11-6-3-4-10(11)8-25/h8-9H,1-7H2,(H,24,26). The van der Waals surface area contributed by atoms with E-state index >= 15 is 0 Å². The average Bonchev–Trinajstić information content (AvgIpc) is 3.37. The lowest BCUT2D eigenvalue weighted by atomic mass is 9.95. The SMILES string of the molecule is O=CC1=C(C(=O)Nc2sc3c(c2-c2nc(C(F)(F)F)cs2)CCCC3)CCC1. The van der Waals surface area contributed by atoms with Gasteiger partial charge in [0.15, 0.2) is 5.69 Å². The number of anilines is 1. The summed E-state index contributed by atoms with van der Waals surface area (Å²) in [6, 6.07) is 0. The van der Waals surface area contributed by atoms with Crippen LogP contribution < -0.4 is 5.32 Å². The number of nitrogens with one attached hydrogen (secondary N) is 1. The molecule has 2 heterocycles. The molecule has 2 aliphatic carbocycles. The molecule has 0 aromatic carbocycles. The minimum absolute atomic E-state index is 0.276. The maximum Gasteiger partial charge on any atom is 0.434 e. The highest BCUT2D eigenvalue weighted by Crippen LogP contribution is 2.46. The normalized spacial score (nSPS) is 17.0. The first-order valence-corrected chi connectivity index (χ1v) is 10.7. The molecule has 0 fully saturated rings. The summed E-state index contributed by atoms with van der Waals surface area (Å²) in [7, 11) is 0. The van der Waals surface area contributed by atoms with E-state index in [0.29, 0.717) is 34.6 Å². The van der Waals surface area contributed by atoms with Gasteiger partial charge < -0.3 is 5.32 Å². The van der Waals surface area contributed by atoms with Gasteiger partial charge in [-0.1, -0.05) is 0 Å². The number of aromatic nitrogens is 1. The van der Waals surface area contributed by atoms with Crippen molar-refractivity contribution in [2.45, 2.75) is 51.1 Å². The lowest BCUT2D eigenvalue weighted by Crippen LogP contribution is -2.14. The van der Waals surface area contributed by atoms with Gasteiger partial charge >= 0.3 is 6.18 Å². The van der Waals surface area contributed by atoms with E-state index in [-0.39, 0.29) is 10.9 Å². The summed E-state index contributed by atoms with van der Waals surface area (Å²) in [5.41, 5.74) is 1.67. The van der Waals surface area contributed by atoms with Gasteiger partial charge in [-0.25, -0.2) is 4.98 Å². The van der Waals surface area contributed by atoms with Gasteiger partial charge in [-0.15, -0.1) is 22.7 Å². The Morgan fingerprint density at radius 2 is 1.93 bits per heavy atom. The number of carbonyl (C=O) groups is 2. The molecule has 2 aromatic rings. The molecule has 0 aliphatic heterocycles. The van der Waals surface area contributed by atoms with Crippen LogP contribution in [0.4, 0.5) is 18.2 Å². The molecular weight excluding hydrogens is 409 g/mol. The molecule has 148 valence electrons. The topological polar surface area (TPSA) is 59.1 Å². The number of rotatable bonds is 4. The number of hydrogen-bond donors (Lipinski definition) is 1.